The van der Waals surface area contributed by atoms with Gasteiger partial charge in [0, 0.05) is 24.0 Å². The van der Waals surface area contributed by atoms with E-state index >= 15 is 0 Å². The lowest BCUT2D eigenvalue weighted by atomic mass is 10.2. The number of nitrogens with one attached hydrogen (secondary N) is 1. The van der Waals surface area contributed by atoms with E-state index in [9.17, 15) is 0 Å². The van der Waals surface area contributed by atoms with Gasteiger partial charge in [-0.25, -0.2) is 0 Å². The summed E-state index contributed by atoms with van der Waals surface area (Å²) < 4.78 is 0. The highest BCUT2D eigenvalue weighted by Gasteiger charge is 2.00. The molecular weight excluding hydrogens is 243 g/mol. The van der Waals surface area contributed by atoms with Gasteiger partial charge in [0.1, 0.15) is 0 Å². The number of rotatable bonds is 3. The molecule has 4 heteroatoms. The summed E-state index contributed by atoms with van der Waals surface area (Å²) in [6.45, 7) is 0.712. The van der Waals surface area contributed by atoms with E-state index in [0.717, 1.165) is 11.3 Å². The Labute approximate surface area is 104 Å². The highest BCUT2D eigenvalue weighted by Crippen LogP contribution is 2.25. The molecule has 0 spiro atoms. The van der Waals surface area contributed by atoms with Gasteiger partial charge in [0.2, 0.25) is 0 Å². The Balaban J connectivity index is 2.05. The molecular formula is C12H10Cl2N2. The van der Waals surface area contributed by atoms with E-state index in [0.29, 0.717) is 16.6 Å². The van der Waals surface area contributed by atoms with Gasteiger partial charge in [-0.2, -0.15) is 0 Å². The van der Waals surface area contributed by atoms with Crippen molar-refractivity contribution in [2.45, 2.75) is 6.54 Å². The van der Waals surface area contributed by atoms with Gasteiger partial charge < -0.3 is 5.32 Å². The standard InChI is InChI=1S/C12H10Cl2N2/c13-10-1-2-12(11(14)7-10)16-8-9-3-5-15-6-4-9/h1-7,16H,8H2. The van der Waals surface area contributed by atoms with Crippen molar-refractivity contribution in [1.82, 2.24) is 4.98 Å². The molecule has 82 valence electrons. The molecule has 0 aliphatic carbocycles. The molecule has 1 aromatic carbocycles. The van der Waals surface area contributed by atoms with Crippen LogP contribution in [0.3, 0.4) is 0 Å². The number of pyridine rings is 1. The van der Waals surface area contributed by atoms with Crippen LogP contribution in [0.5, 0.6) is 0 Å². The van der Waals surface area contributed by atoms with E-state index in [2.05, 4.69) is 10.3 Å². The number of anilines is 1. The molecule has 1 heterocycles. The first-order valence-electron chi connectivity index (χ1n) is 4.83. The van der Waals surface area contributed by atoms with Gasteiger partial charge in [-0.1, -0.05) is 23.2 Å². The molecule has 1 aromatic heterocycles. The van der Waals surface area contributed by atoms with Gasteiger partial charge in [-0.3, -0.25) is 4.98 Å². The number of halogens is 2. The number of hydrogen-bond acceptors (Lipinski definition) is 2. The topological polar surface area (TPSA) is 24.9 Å². The molecule has 0 aliphatic rings. The summed E-state index contributed by atoms with van der Waals surface area (Å²) in [5.74, 6) is 0. The maximum atomic E-state index is 6.04. The van der Waals surface area contributed by atoms with Crippen molar-refractivity contribution in [3.05, 3.63) is 58.3 Å². The molecule has 0 amide bonds. The normalized spacial score (nSPS) is 10.1. The maximum Gasteiger partial charge on any atom is 0.0652 e. The molecule has 0 atom stereocenters. The van der Waals surface area contributed by atoms with Crippen LogP contribution in [-0.2, 0) is 6.54 Å². The van der Waals surface area contributed by atoms with Crippen molar-refractivity contribution in [2.75, 3.05) is 5.32 Å². The predicted octanol–water partition coefficient (Wildman–Crippen LogP) is 4.00. The molecule has 0 saturated heterocycles. The van der Waals surface area contributed by atoms with Crippen LogP contribution in [0.25, 0.3) is 0 Å². The molecule has 0 saturated carbocycles. The minimum atomic E-state index is 0.626. The van der Waals surface area contributed by atoms with E-state index in [1.165, 1.54) is 0 Å². The fraction of sp³-hybridized carbons (Fsp3) is 0.0833. The quantitative estimate of drug-likeness (QED) is 0.894. The Bertz CT molecular complexity index is 472. The fourth-order valence-corrected chi connectivity index (χ4v) is 1.81. The van der Waals surface area contributed by atoms with Gasteiger partial charge in [-0.15, -0.1) is 0 Å². The predicted molar refractivity (Wildman–Crippen MR) is 68.0 cm³/mol. The van der Waals surface area contributed by atoms with Crippen molar-refractivity contribution >= 4 is 28.9 Å². The van der Waals surface area contributed by atoms with E-state index in [1.54, 1.807) is 18.5 Å². The van der Waals surface area contributed by atoms with Crippen molar-refractivity contribution in [3.63, 3.8) is 0 Å². The molecule has 2 aromatic rings. The van der Waals surface area contributed by atoms with Crippen molar-refractivity contribution in [3.8, 4) is 0 Å². The van der Waals surface area contributed by atoms with Crippen molar-refractivity contribution < 1.29 is 0 Å². The highest BCUT2D eigenvalue weighted by molar-refractivity contribution is 6.36. The Morgan fingerprint density at radius 2 is 1.81 bits per heavy atom. The molecule has 0 radical (unpaired) electrons. The zero-order chi connectivity index (χ0) is 11.4. The van der Waals surface area contributed by atoms with E-state index < -0.39 is 0 Å². The minimum Gasteiger partial charge on any atom is -0.380 e. The first-order valence-corrected chi connectivity index (χ1v) is 5.59. The highest BCUT2D eigenvalue weighted by atomic mass is 35.5. The Morgan fingerprint density at radius 1 is 1.06 bits per heavy atom. The van der Waals surface area contributed by atoms with Crippen molar-refractivity contribution in [2.24, 2.45) is 0 Å². The number of hydrogen-bond donors (Lipinski definition) is 1. The molecule has 0 bridgehead atoms. The second-order valence-electron chi connectivity index (χ2n) is 3.33. The van der Waals surface area contributed by atoms with Gasteiger partial charge >= 0.3 is 0 Å². The molecule has 16 heavy (non-hydrogen) atoms. The van der Waals surface area contributed by atoms with Crippen LogP contribution >= 0.6 is 23.2 Å². The lowest BCUT2D eigenvalue weighted by Gasteiger charge is -2.08. The zero-order valence-electron chi connectivity index (χ0n) is 8.45. The third-order valence-corrected chi connectivity index (χ3v) is 2.71. The van der Waals surface area contributed by atoms with Crippen LogP contribution in [0.2, 0.25) is 10.0 Å². The average molecular weight is 253 g/mol. The molecule has 2 nitrogen and oxygen atoms in total. The largest absolute Gasteiger partial charge is 0.380 e. The van der Waals surface area contributed by atoms with Crippen LogP contribution in [-0.4, -0.2) is 4.98 Å². The van der Waals surface area contributed by atoms with E-state index in [-0.39, 0.29) is 0 Å². The molecule has 2 rings (SSSR count). The SMILES string of the molecule is Clc1ccc(NCc2ccncc2)c(Cl)c1. The summed E-state index contributed by atoms with van der Waals surface area (Å²) in [4.78, 5) is 3.96. The van der Waals surface area contributed by atoms with Crippen LogP contribution in [0.1, 0.15) is 5.56 Å². The summed E-state index contributed by atoms with van der Waals surface area (Å²) >= 11 is 11.9. The third kappa shape index (κ3) is 2.87. The maximum absolute atomic E-state index is 6.04. The summed E-state index contributed by atoms with van der Waals surface area (Å²) in [5.41, 5.74) is 2.03. The second-order valence-corrected chi connectivity index (χ2v) is 4.18. The third-order valence-electron chi connectivity index (χ3n) is 2.16. The first kappa shape index (κ1) is 11.2. The zero-order valence-corrected chi connectivity index (χ0v) is 9.96. The molecule has 0 unspecified atom stereocenters. The second kappa shape index (κ2) is 5.19. The molecule has 0 aliphatic heterocycles. The molecule has 0 fully saturated rings. The Kier molecular flexibility index (Phi) is 3.65. The minimum absolute atomic E-state index is 0.626. The lowest BCUT2D eigenvalue weighted by molar-refractivity contribution is 1.13. The summed E-state index contributed by atoms with van der Waals surface area (Å²) in [6, 6.07) is 9.31. The van der Waals surface area contributed by atoms with Crippen LogP contribution in [0, 0.1) is 0 Å². The lowest BCUT2D eigenvalue weighted by Crippen LogP contribution is -1.99. The number of benzene rings is 1. The summed E-state index contributed by atoms with van der Waals surface area (Å²) in [5, 5.41) is 4.50. The van der Waals surface area contributed by atoms with Crippen LogP contribution < -0.4 is 5.32 Å². The van der Waals surface area contributed by atoms with Gasteiger partial charge in [0.25, 0.3) is 0 Å². The van der Waals surface area contributed by atoms with E-state index in [1.807, 2.05) is 24.3 Å². The molecule has 1 N–H and O–H groups in total. The van der Waals surface area contributed by atoms with Gasteiger partial charge in [0.05, 0.1) is 10.7 Å². The first-order chi connectivity index (χ1) is 7.75. The monoisotopic (exact) mass is 252 g/mol. The van der Waals surface area contributed by atoms with Crippen LogP contribution in [0.4, 0.5) is 5.69 Å². The van der Waals surface area contributed by atoms with Gasteiger partial charge in [0.15, 0.2) is 0 Å². The van der Waals surface area contributed by atoms with Crippen LogP contribution in [0.15, 0.2) is 42.7 Å². The summed E-state index contributed by atoms with van der Waals surface area (Å²) in [7, 11) is 0. The smallest absolute Gasteiger partial charge is 0.0652 e. The van der Waals surface area contributed by atoms with Gasteiger partial charge in [-0.05, 0) is 35.9 Å². The Hall–Kier alpha value is -1.25. The van der Waals surface area contributed by atoms with Crippen molar-refractivity contribution in [1.29, 1.82) is 0 Å². The Morgan fingerprint density at radius 3 is 2.50 bits per heavy atom. The average Bonchev–Trinajstić information content (AvgIpc) is 2.29. The number of aromatic nitrogens is 1. The fourth-order valence-electron chi connectivity index (χ4n) is 1.33. The number of nitrogens with zero attached hydrogens (tertiary/aromatic N) is 1. The summed E-state index contributed by atoms with van der Waals surface area (Å²) in [6.07, 6.45) is 3.53. The van der Waals surface area contributed by atoms with E-state index in [4.69, 9.17) is 23.2 Å².